The van der Waals surface area contributed by atoms with Gasteiger partial charge < -0.3 is 9.47 Å². The summed E-state index contributed by atoms with van der Waals surface area (Å²) in [7, 11) is 0. The van der Waals surface area contributed by atoms with Crippen molar-refractivity contribution in [2.24, 2.45) is 17.8 Å². The Balaban J connectivity index is 2.13. The Bertz CT molecular complexity index is 524. The maximum Gasteiger partial charge on any atom is 0.434 e. The van der Waals surface area contributed by atoms with Crippen molar-refractivity contribution in [1.29, 1.82) is 0 Å². The van der Waals surface area contributed by atoms with Crippen molar-refractivity contribution in [3.8, 4) is 0 Å². The van der Waals surface area contributed by atoms with E-state index in [2.05, 4.69) is 11.3 Å². The minimum absolute atomic E-state index is 0.363. The van der Waals surface area contributed by atoms with E-state index in [9.17, 15) is 35.9 Å². The van der Waals surface area contributed by atoms with Crippen LogP contribution < -0.4 is 0 Å². The van der Waals surface area contributed by atoms with Gasteiger partial charge in [-0.3, -0.25) is 9.59 Å². The summed E-state index contributed by atoms with van der Waals surface area (Å²) in [6.45, 7) is 4.66. The fraction of sp³-hybridized carbons (Fsp3) is 0.692. The van der Waals surface area contributed by atoms with E-state index < -0.39 is 54.3 Å². The van der Waals surface area contributed by atoms with Crippen molar-refractivity contribution < 1.29 is 45.4 Å². The molecule has 1 saturated heterocycles. The Hall–Kier alpha value is -1.74. The van der Waals surface area contributed by atoms with E-state index in [1.54, 1.807) is 0 Å². The summed E-state index contributed by atoms with van der Waals surface area (Å²) in [5, 5.41) is 0. The molecule has 2 fully saturated rings. The number of fused-ring (bicyclic) bond motifs is 1. The Morgan fingerprint density at radius 2 is 1.78 bits per heavy atom. The number of halogens is 6. The number of rotatable bonds is 3. The summed E-state index contributed by atoms with van der Waals surface area (Å²) in [5.74, 6) is -5.89. The molecule has 23 heavy (non-hydrogen) atoms. The second-order valence-corrected chi connectivity index (χ2v) is 5.58. The fourth-order valence-corrected chi connectivity index (χ4v) is 2.80. The second-order valence-electron chi connectivity index (χ2n) is 5.58. The molecule has 130 valence electrons. The zero-order valence-corrected chi connectivity index (χ0v) is 11.7. The molecular weight excluding hydrogens is 334 g/mol. The summed E-state index contributed by atoms with van der Waals surface area (Å²) < 4.78 is 82.9. The maximum atomic E-state index is 12.4. The molecule has 1 heterocycles. The lowest BCUT2D eigenvalue weighted by Gasteiger charge is -2.34. The van der Waals surface area contributed by atoms with E-state index in [1.165, 1.54) is 0 Å². The Morgan fingerprint density at radius 1 is 1.26 bits per heavy atom. The van der Waals surface area contributed by atoms with Crippen LogP contribution in [-0.4, -0.2) is 36.5 Å². The first kappa shape index (κ1) is 17.6. The zero-order chi connectivity index (χ0) is 17.7. The number of alkyl halides is 6. The summed E-state index contributed by atoms with van der Waals surface area (Å²) in [4.78, 5) is 23.4. The Kier molecular flexibility index (Phi) is 4.15. The predicted molar refractivity (Wildman–Crippen MR) is 61.8 cm³/mol. The third-order valence-corrected chi connectivity index (χ3v) is 4.00. The van der Waals surface area contributed by atoms with E-state index in [4.69, 9.17) is 4.74 Å². The highest BCUT2D eigenvalue weighted by Gasteiger charge is 2.61. The molecule has 1 aliphatic heterocycles. The van der Waals surface area contributed by atoms with Gasteiger partial charge in [0.25, 0.3) is 6.10 Å². The van der Waals surface area contributed by atoms with Gasteiger partial charge in [-0.05, 0) is 0 Å². The molecule has 2 aliphatic rings. The molecule has 0 spiro atoms. The van der Waals surface area contributed by atoms with Gasteiger partial charge in [0.05, 0.1) is 11.8 Å². The van der Waals surface area contributed by atoms with Gasteiger partial charge in [0.2, 0.25) is 0 Å². The van der Waals surface area contributed by atoms with Crippen LogP contribution in [0.1, 0.15) is 13.3 Å². The zero-order valence-electron chi connectivity index (χ0n) is 11.7. The van der Waals surface area contributed by atoms with E-state index in [1.807, 2.05) is 0 Å². The largest absolute Gasteiger partial charge is 0.461 e. The van der Waals surface area contributed by atoms with Crippen molar-refractivity contribution >= 4 is 11.9 Å². The highest BCUT2D eigenvalue weighted by Crippen LogP contribution is 2.49. The average molecular weight is 346 g/mol. The topological polar surface area (TPSA) is 52.6 Å². The molecule has 0 N–H and O–H groups in total. The van der Waals surface area contributed by atoms with Gasteiger partial charge in [-0.25, -0.2) is 0 Å². The first-order valence-electron chi connectivity index (χ1n) is 6.56. The molecule has 4 atom stereocenters. The predicted octanol–water partition coefficient (Wildman–Crippen LogP) is 2.78. The second kappa shape index (κ2) is 5.41. The molecule has 1 saturated carbocycles. The van der Waals surface area contributed by atoms with Crippen LogP contribution in [0.25, 0.3) is 0 Å². The van der Waals surface area contributed by atoms with Crippen molar-refractivity contribution in [3.63, 3.8) is 0 Å². The Morgan fingerprint density at radius 3 is 2.22 bits per heavy atom. The molecule has 0 bridgehead atoms. The minimum atomic E-state index is -5.80. The molecule has 4 unspecified atom stereocenters. The lowest BCUT2D eigenvalue weighted by atomic mass is 9.68. The van der Waals surface area contributed by atoms with Crippen molar-refractivity contribution in [1.82, 2.24) is 0 Å². The number of esters is 2. The van der Waals surface area contributed by atoms with Gasteiger partial charge in [0.1, 0.15) is 6.10 Å². The quantitative estimate of drug-likeness (QED) is 0.448. The number of hydrogen-bond donors (Lipinski definition) is 0. The van der Waals surface area contributed by atoms with E-state index in [0.29, 0.717) is 12.0 Å². The molecule has 1 aliphatic carbocycles. The SMILES string of the molecule is C=C1CC2OC(=O)C(C(C)C(=O)OC(C(F)(F)F)C(F)(F)F)C12. The van der Waals surface area contributed by atoms with Crippen LogP contribution in [0.15, 0.2) is 12.2 Å². The van der Waals surface area contributed by atoms with Gasteiger partial charge in [0.15, 0.2) is 0 Å². The summed E-state index contributed by atoms with van der Waals surface area (Å²) in [6, 6.07) is 0. The lowest BCUT2D eigenvalue weighted by Crippen LogP contribution is -2.47. The normalized spacial score (nSPS) is 29.0. The third-order valence-electron chi connectivity index (χ3n) is 4.00. The number of carbonyl (C=O) groups is 2. The van der Waals surface area contributed by atoms with E-state index in [-0.39, 0.29) is 0 Å². The van der Waals surface area contributed by atoms with Gasteiger partial charge >= 0.3 is 24.3 Å². The van der Waals surface area contributed by atoms with Crippen LogP contribution in [0.2, 0.25) is 0 Å². The summed E-state index contributed by atoms with van der Waals surface area (Å²) >= 11 is 0. The third kappa shape index (κ3) is 3.16. The standard InChI is InChI=1S/C13H12F6O4/c1-4-3-6-7(4)8(10(21)22-6)5(2)9(20)23-11(12(14,15)16)13(17,18)19/h5-8,11H,1,3H2,2H3. The molecule has 0 amide bonds. The average Bonchev–Trinajstić information content (AvgIpc) is 2.63. The summed E-state index contributed by atoms with van der Waals surface area (Å²) in [5.41, 5.74) is 0.564. The van der Waals surface area contributed by atoms with Gasteiger partial charge in [0, 0.05) is 12.3 Å². The van der Waals surface area contributed by atoms with Gasteiger partial charge in [-0.15, -0.1) is 0 Å². The first-order chi connectivity index (χ1) is 10.3. The van der Waals surface area contributed by atoms with Crippen LogP contribution in [0.3, 0.4) is 0 Å². The number of ether oxygens (including phenoxy) is 2. The number of carbonyl (C=O) groups excluding carboxylic acids is 2. The van der Waals surface area contributed by atoms with Crippen LogP contribution >= 0.6 is 0 Å². The fourth-order valence-electron chi connectivity index (χ4n) is 2.80. The molecule has 4 nitrogen and oxygen atoms in total. The maximum absolute atomic E-state index is 12.4. The van der Waals surface area contributed by atoms with E-state index in [0.717, 1.165) is 6.92 Å². The van der Waals surface area contributed by atoms with Crippen LogP contribution in [0.4, 0.5) is 26.3 Å². The van der Waals surface area contributed by atoms with Crippen molar-refractivity contribution in [2.75, 3.05) is 0 Å². The molecule has 0 radical (unpaired) electrons. The van der Waals surface area contributed by atoms with Gasteiger partial charge in [-0.1, -0.05) is 19.1 Å². The smallest absolute Gasteiger partial charge is 0.434 e. The molecule has 10 heteroatoms. The molecular formula is C13H12F6O4. The Labute approximate surface area is 126 Å². The minimum Gasteiger partial charge on any atom is -0.461 e. The van der Waals surface area contributed by atoms with Crippen LogP contribution in [0.5, 0.6) is 0 Å². The van der Waals surface area contributed by atoms with Crippen molar-refractivity contribution in [2.45, 2.75) is 37.9 Å². The van der Waals surface area contributed by atoms with E-state index >= 15 is 0 Å². The molecule has 2 rings (SSSR count). The highest BCUT2D eigenvalue weighted by atomic mass is 19.4. The monoisotopic (exact) mass is 346 g/mol. The molecule has 0 aromatic carbocycles. The summed E-state index contributed by atoms with van der Waals surface area (Å²) in [6.07, 6.45) is -16.0. The first-order valence-corrected chi connectivity index (χ1v) is 6.56. The lowest BCUT2D eigenvalue weighted by molar-refractivity contribution is -0.314. The van der Waals surface area contributed by atoms with Crippen LogP contribution in [0, 0.1) is 17.8 Å². The highest BCUT2D eigenvalue weighted by molar-refractivity contribution is 5.84. The van der Waals surface area contributed by atoms with Crippen molar-refractivity contribution in [3.05, 3.63) is 12.2 Å². The van der Waals surface area contributed by atoms with Gasteiger partial charge in [-0.2, -0.15) is 26.3 Å². The molecule has 0 aromatic heterocycles. The molecule has 0 aromatic rings. The number of hydrogen-bond acceptors (Lipinski definition) is 4. The van der Waals surface area contributed by atoms with Crippen LogP contribution in [-0.2, 0) is 19.1 Å².